The molecule has 0 saturated carbocycles. The van der Waals surface area contributed by atoms with Crippen molar-refractivity contribution in [2.75, 3.05) is 0 Å². The van der Waals surface area contributed by atoms with Crippen LogP contribution in [0.15, 0.2) is 6.07 Å². The predicted molar refractivity (Wildman–Crippen MR) is 43.4 cm³/mol. The number of carbonyl (C=O) groups is 1. The van der Waals surface area contributed by atoms with Crippen molar-refractivity contribution in [2.45, 2.75) is 6.42 Å². The van der Waals surface area contributed by atoms with E-state index < -0.39 is 5.97 Å². The summed E-state index contributed by atoms with van der Waals surface area (Å²) in [6.07, 6.45) is -0.247. The van der Waals surface area contributed by atoms with Crippen LogP contribution in [-0.2, 0) is 11.2 Å². The molecule has 1 heterocycles. The smallest absolute Gasteiger partial charge is 0.309 e. The molecule has 0 aliphatic carbocycles. The lowest BCUT2D eigenvalue weighted by Gasteiger charge is -1.97. The van der Waals surface area contributed by atoms with Gasteiger partial charge in [0.05, 0.1) is 17.1 Å². The topological polar surface area (TPSA) is 63.1 Å². The van der Waals surface area contributed by atoms with E-state index in [1.165, 1.54) is 6.07 Å². The molecule has 6 heteroatoms. The molecule has 1 N–H and O–H groups in total. The molecule has 64 valence electrons. The van der Waals surface area contributed by atoms with Crippen LogP contribution < -0.4 is 0 Å². The molecule has 0 spiro atoms. The summed E-state index contributed by atoms with van der Waals surface area (Å²) in [7, 11) is 0. The zero-order chi connectivity index (χ0) is 9.14. The van der Waals surface area contributed by atoms with Gasteiger partial charge in [-0.1, -0.05) is 23.2 Å². The fourth-order valence-corrected chi connectivity index (χ4v) is 1.05. The number of carboxylic acids is 1. The highest BCUT2D eigenvalue weighted by Gasteiger charge is 2.07. The molecule has 0 aliphatic heterocycles. The largest absolute Gasteiger partial charge is 0.481 e. The minimum Gasteiger partial charge on any atom is -0.481 e. The first-order chi connectivity index (χ1) is 5.59. The van der Waals surface area contributed by atoms with Gasteiger partial charge < -0.3 is 5.11 Å². The van der Waals surface area contributed by atoms with E-state index in [1.54, 1.807) is 0 Å². The summed E-state index contributed by atoms with van der Waals surface area (Å²) < 4.78 is 0. The van der Waals surface area contributed by atoms with Crippen molar-refractivity contribution < 1.29 is 9.90 Å². The first kappa shape index (κ1) is 9.22. The van der Waals surface area contributed by atoms with Crippen LogP contribution in [0.25, 0.3) is 0 Å². The summed E-state index contributed by atoms with van der Waals surface area (Å²) in [6.45, 7) is 0. The highest BCUT2D eigenvalue weighted by Crippen LogP contribution is 2.16. The second-order valence-corrected chi connectivity index (χ2v) is 2.83. The molecule has 0 aliphatic rings. The number of hydrogen-bond donors (Lipinski definition) is 1. The normalized spacial score (nSPS) is 9.83. The molecule has 0 bridgehead atoms. The van der Waals surface area contributed by atoms with E-state index in [-0.39, 0.29) is 22.3 Å². The van der Waals surface area contributed by atoms with Crippen LogP contribution in [0.2, 0.25) is 10.2 Å². The highest BCUT2D eigenvalue weighted by atomic mass is 35.5. The number of nitrogens with zero attached hydrogens (tertiary/aromatic N) is 2. The lowest BCUT2D eigenvalue weighted by atomic mass is 10.3. The summed E-state index contributed by atoms with van der Waals surface area (Å²) in [5.41, 5.74) is 0.216. The van der Waals surface area contributed by atoms with Crippen molar-refractivity contribution in [1.29, 1.82) is 0 Å². The van der Waals surface area contributed by atoms with Gasteiger partial charge >= 0.3 is 5.97 Å². The maximum atomic E-state index is 10.2. The number of hydrogen-bond acceptors (Lipinski definition) is 3. The van der Waals surface area contributed by atoms with Crippen LogP contribution in [-0.4, -0.2) is 21.3 Å². The van der Waals surface area contributed by atoms with E-state index in [2.05, 4.69) is 10.2 Å². The molecule has 0 atom stereocenters. The van der Waals surface area contributed by atoms with Crippen molar-refractivity contribution >= 4 is 29.2 Å². The minimum atomic E-state index is -1.01. The fraction of sp³-hybridized carbons (Fsp3) is 0.167. The maximum Gasteiger partial charge on any atom is 0.309 e. The zero-order valence-corrected chi connectivity index (χ0v) is 7.30. The standard InChI is InChI=1S/C6H4Cl2N2O2/c7-3-1-5(8)10-9-4(3)2-6(11)12/h1H,2H2,(H,11,12). The molecule has 1 aromatic heterocycles. The Hall–Kier alpha value is -0.870. The third-order valence-electron chi connectivity index (χ3n) is 1.11. The van der Waals surface area contributed by atoms with Crippen LogP contribution in [0.3, 0.4) is 0 Å². The SMILES string of the molecule is O=C(O)Cc1nnc(Cl)cc1Cl. The molecule has 0 unspecified atom stereocenters. The third-order valence-corrected chi connectivity index (χ3v) is 1.62. The number of aromatic nitrogens is 2. The van der Waals surface area contributed by atoms with Gasteiger partial charge in [-0.25, -0.2) is 0 Å². The predicted octanol–water partition coefficient (Wildman–Crippen LogP) is 1.41. The second-order valence-electron chi connectivity index (χ2n) is 2.03. The third kappa shape index (κ3) is 2.32. The van der Waals surface area contributed by atoms with E-state index in [9.17, 15) is 4.79 Å². The average molecular weight is 207 g/mol. The molecule has 0 saturated heterocycles. The molecule has 1 rings (SSSR count). The van der Waals surface area contributed by atoms with Crippen LogP contribution in [0.5, 0.6) is 0 Å². The van der Waals surface area contributed by atoms with E-state index in [4.69, 9.17) is 28.3 Å². The van der Waals surface area contributed by atoms with Gasteiger partial charge in [-0.05, 0) is 6.07 Å². The van der Waals surface area contributed by atoms with Crippen molar-refractivity contribution in [3.05, 3.63) is 21.9 Å². The maximum absolute atomic E-state index is 10.2. The lowest BCUT2D eigenvalue weighted by molar-refractivity contribution is -0.136. The summed E-state index contributed by atoms with van der Waals surface area (Å²) >= 11 is 11.1. The average Bonchev–Trinajstić information content (AvgIpc) is 1.94. The summed E-state index contributed by atoms with van der Waals surface area (Å²) in [4.78, 5) is 10.2. The molecule has 12 heavy (non-hydrogen) atoms. The van der Waals surface area contributed by atoms with E-state index >= 15 is 0 Å². The Morgan fingerprint density at radius 2 is 2.17 bits per heavy atom. The van der Waals surface area contributed by atoms with Crippen LogP contribution in [0, 0.1) is 0 Å². The van der Waals surface area contributed by atoms with Crippen LogP contribution in [0.4, 0.5) is 0 Å². The molecule has 0 amide bonds. The molecular formula is C6H4Cl2N2O2. The van der Waals surface area contributed by atoms with Crippen LogP contribution >= 0.6 is 23.2 Å². The van der Waals surface area contributed by atoms with Crippen LogP contribution in [0.1, 0.15) is 5.69 Å². The Labute approximate surface area is 78.1 Å². The van der Waals surface area contributed by atoms with Crippen molar-refractivity contribution in [3.63, 3.8) is 0 Å². The van der Waals surface area contributed by atoms with Gasteiger partial charge in [-0.15, -0.1) is 5.10 Å². The minimum absolute atomic E-state index is 0.147. The fourth-order valence-electron chi connectivity index (χ4n) is 0.636. The van der Waals surface area contributed by atoms with Crippen molar-refractivity contribution in [1.82, 2.24) is 10.2 Å². The zero-order valence-electron chi connectivity index (χ0n) is 5.79. The quantitative estimate of drug-likeness (QED) is 0.796. The Morgan fingerprint density at radius 1 is 1.50 bits per heavy atom. The van der Waals surface area contributed by atoms with Gasteiger partial charge in [-0.2, -0.15) is 5.10 Å². The van der Waals surface area contributed by atoms with Gasteiger partial charge in [0.25, 0.3) is 0 Å². The van der Waals surface area contributed by atoms with E-state index in [0.717, 1.165) is 0 Å². The summed E-state index contributed by atoms with van der Waals surface area (Å²) in [5.74, 6) is -1.01. The summed E-state index contributed by atoms with van der Waals surface area (Å²) in [6, 6.07) is 1.36. The van der Waals surface area contributed by atoms with Gasteiger partial charge in [0, 0.05) is 0 Å². The van der Waals surface area contributed by atoms with Gasteiger partial charge in [0.15, 0.2) is 5.15 Å². The number of aliphatic carboxylic acids is 1. The molecule has 0 aromatic carbocycles. The van der Waals surface area contributed by atoms with E-state index in [0.29, 0.717) is 0 Å². The molecule has 0 fully saturated rings. The monoisotopic (exact) mass is 206 g/mol. The first-order valence-corrected chi connectivity index (χ1v) is 3.74. The number of rotatable bonds is 2. The lowest BCUT2D eigenvalue weighted by Crippen LogP contribution is -2.04. The van der Waals surface area contributed by atoms with E-state index in [1.807, 2.05) is 0 Å². The molecule has 0 radical (unpaired) electrons. The highest BCUT2D eigenvalue weighted by molar-refractivity contribution is 6.34. The Balaban J connectivity index is 2.93. The molecule has 4 nitrogen and oxygen atoms in total. The van der Waals surface area contributed by atoms with Gasteiger partial charge in [0.1, 0.15) is 0 Å². The molecule has 1 aromatic rings. The van der Waals surface area contributed by atoms with Gasteiger partial charge in [-0.3, -0.25) is 4.79 Å². The Kier molecular flexibility index (Phi) is 2.83. The number of halogens is 2. The van der Waals surface area contributed by atoms with Crippen molar-refractivity contribution in [2.24, 2.45) is 0 Å². The summed E-state index contributed by atoms with van der Waals surface area (Å²) in [5, 5.41) is 15.8. The van der Waals surface area contributed by atoms with Gasteiger partial charge in [0.2, 0.25) is 0 Å². The van der Waals surface area contributed by atoms with Crippen molar-refractivity contribution in [3.8, 4) is 0 Å². The molecular weight excluding hydrogens is 203 g/mol. The first-order valence-electron chi connectivity index (χ1n) is 2.99. The second kappa shape index (κ2) is 3.69. The Bertz CT molecular complexity index is 316. The number of carboxylic acid groups (broad SMARTS) is 1. The Morgan fingerprint density at radius 3 is 2.67 bits per heavy atom.